The van der Waals surface area contributed by atoms with Gasteiger partial charge in [0.1, 0.15) is 0 Å². The summed E-state index contributed by atoms with van der Waals surface area (Å²) in [7, 11) is 0. The molecule has 3 aromatic rings. The Labute approximate surface area is 244 Å². The SMILES string of the molecule is C[C@H](NCC(O)c1ccc(Cl)cc1)C(=O)NC1N=C(c2ccccn2)c2ccccc2N(CC(=O)C(C)(C)C)C1=O. The van der Waals surface area contributed by atoms with E-state index in [0.29, 0.717) is 33.2 Å². The van der Waals surface area contributed by atoms with Crippen molar-refractivity contribution in [1.29, 1.82) is 0 Å². The molecule has 0 spiro atoms. The van der Waals surface area contributed by atoms with Crippen LogP contribution in [-0.4, -0.2) is 58.7 Å². The van der Waals surface area contributed by atoms with Crippen molar-refractivity contribution in [2.45, 2.75) is 46.0 Å². The highest BCUT2D eigenvalue weighted by Gasteiger charge is 2.36. The van der Waals surface area contributed by atoms with E-state index in [4.69, 9.17) is 16.6 Å². The molecular weight excluding hydrogens is 542 g/mol. The number of hydrogen-bond donors (Lipinski definition) is 3. The third kappa shape index (κ3) is 7.24. The van der Waals surface area contributed by atoms with Gasteiger partial charge in [-0.1, -0.05) is 68.8 Å². The molecule has 41 heavy (non-hydrogen) atoms. The molecule has 214 valence electrons. The summed E-state index contributed by atoms with van der Waals surface area (Å²) in [6, 6.07) is 18.6. The van der Waals surface area contributed by atoms with Crippen molar-refractivity contribution in [1.82, 2.24) is 15.6 Å². The Balaban J connectivity index is 1.61. The van der Waals surface area contributed by atoms with E-state index in [1.54, 1.807) is 82.4 Å². The molecule has 1 aliphatic heterocycles. The minimum Gasteiger partial charge on any atom is -0.387 e. The van der Waals surface area contributed by atoms with Crippen LogP contribution >= 0.6 is 11.6 Å². The van der Waals surface area contributed by atoms with Crippen LogP contribution < -0.4 is 15.5 Å². The van der Waals surface area contributed by atoms with E-state index in [9.17, 15) is 19.5 Å². The average molecular weight is 576 g/mol. The summed E-state index contributed by atoms with van der Waals surface area (Å²) in [4.78, 5) is 50.8. The Hall–Kier alpha value is -3.92. The fraction of sp³-hybridized carbons (Fsp3) is 0.323. The molecule has 1 aromatic heterocycles. The van der Waals surface area contributed by atoms with Crippen molar-refractivity contribution in [2.24, 2.45) is 10.4 Å². The maximum Gasteiger partial charge on any atom is 0.272 e. The van der Waals surface area contributed by atoms with E-state index in [-0.39, 0.29) is 18.9 Å². The zero-order chi connectivity index (χ0) is 29.7. The van der Waals surface area contributed by atoms with Gasteiger partial charge in [-0.05, 0) is 42.8 Å². The number of ketones is 1. The number of aromatic nitrogens is 1. The van der Waals surface area contributed by atoms with Crippen molar-refractivity contribution in [3.05, 3.63) is 94.8 Å². The number of nitrogens with one attached hydrogen (secondary N) is 2. The summed E-state index contributed by atoms with van der Waals surface area (Å²) in [6.07, 6.45) is -0.561. The van der Waals surface area contributed by atoms with Crippen LogP contribution in [0.4, 0.5) is 5.69 Å². The van der Waals surface area contributed by atoms with Crippen LogP contribution in [-0.2, 0) is 14.4 Å². The Morgan fingerprint density at radius 2 is 1.73 bits per heavy atom. The first-order valence-electron chi connectivity index (χ1n) is 13.4. The highest BCUT2D eigenvalue weighted by atomic mass is 35.5. The molecule has 0 fully saturated rings. The van der Waals surface area contributed by atoms with Crippen molar-refractivity contribution in [3.63, 3.8) is 0 Å². The number of benzodiazepines with no additional fused rings is 1. The Morgan fingerprint density at radius 3 is 2.39 bits per heavy atom. The first-order valence-corrected chi connectivity index (χ1v) is 13.7. The van der Waals surface area contributed by atoms with Gasteiger partial charge in [0.2, 0.25) is 12.1 Å². The van der Waals surface area contributed by atoms with Gasteiger partial charge in [-0.15, -0.1) is 0 Å². The quantitative estimate of drug-likeness (QED) is 0.357. The number of aliphatic hydroxyl groups is 1. The third-order valence-electron chi connectivity index (χ3n) is 6.80. The topological polar surface area (TPSA) is 124 Å². The summed E-state index contributed by atoms with van der Waals surface area (Å²) in [5.41, 5.74) is 2.03. The lowest BCUT2D eigenvalue weighted by Gasteiger charge is -2.28. The van der Waals surface area contributed by atoms with Crippen molar-refractivity contribution in [2.75, 3.05) is 18.0 Å². The van der Waals surface area contributed by atoms with E-state index >= 15 is 0 Å². The number of aliphatic imine (C=N–C) groups is 1. The molecule has 4 rings (SSSR count). The molecule has 1 aliphatic rings. The summed E-state index contributed by atoms with van der Waals surface area (Å²) in [5, 5.41) is 16.8. The van der Waals surface area contributed by atoms with E-state index in [1.807, 2.05) is 18.2 Å². The van der Waals surface area contributed by atoms with Crippen LogP contribution in [0.1, 0.15) is 50.6 Å². The molecule has 0 aliphatic carbocycles. The van der Waals surface area contributed by atoms with Gasteiger partial charge in [-0.2, -0.15) is 0 Å². The van der Waals surface area contributed by atoms with E-state index in [2.05, 4.69) is 15.6 Å². The first-order chi connectivity index (χ1) is 19.5. The number of Topliss-reactive ketones (excluding diaryl/α,β-unsaturated/α-hetero) is 1. The molecule has 2 heterocycles. The number of benzene rings is 2. The third-order valence-corrected chi connectivity index (χ3v) is 7.05. The number of carbonyl (C=O) groups excluding carboxylic acids is 3. The summed E-state index contributed by atoms with van der Waals surface area (Å²) in [5.74, 6) is -1.18. The number of amides is 2. The van der Waals surface area contributed by atoms with E-state index in [0.717, 1.165) is 0 Å². The standard InChI is InChI=1S/C31H34ClN5O4/c1-19(34-17-25(38)20-12-14-21(32)15-13-20)29(40)36-28-30(41)37(18-26(39)31(2,3)4)24-11-6-5-9-22(24)27(35-28)23-10-7-8-16-33-23/h5-16,19,25,28,34,38H,17-18H2,1-4H3,(H,36,40)/t19-,25?,28?/m0/s1. The fourth-order valence-corrected chi connectivity index (χ4v) is 4.34. The van der Waals surface area contributed by atoms with Crippen LogP contribution in [0.15, 0.2) is 77.9 Å². The number of hydrogen-bond acceptors (Lipinski definition) is 7. The molecule has 0 saturated carbocycles. The monoisotopic (exact) mass is 575 g/mol. The van der Waals surface area contributed by atoms with Gasteiger partial charge in [0.15, 0.2) is 5.78 Å². The Bertz CT molecular complexity index is 1440. The molecule has 9 nitrogen and oxygen atoms in total. The predicted octanol–water partition coefficient (Wildman–Crippen LogP) is 3.69. The van der Waals surface area contributed by atoms with Crippen LogP contribution in [0.3, 0.4) is 0 Å². The number of halogens is 1. The number of anilines is 1. The van der Waals surface area contributed by atoms with Gasteiger partial charge >= 0.3 is 0 Å². The number of fused-ring (bicyclic) bond motifs is 1. The number of carbonyl (C=O) groups is 3. The van der Waals surface area contributed by atoms with Crippen LogP contribution in [0.5, 0.6) is 0 Å². The highest BCUT2D eigenvalue weighted by molar-refractivity contribution is 6.30. The number of para-hydroxylation sites is 1. The molecule has 2 aromatic carbocycles. The van der Waals surface area contributed by atoms with Gasteiger partial charge in [-0.3, -0.25) is 19.4 Å². The number of nitrogens with zero attached hydrogens (tertiary/aromatic N) is 3. The summed E-state index contributed by atoms with van der Waals surface area (Å²) >= 11 is 5.93. The minimum atomic E-state index is -1.31. The second-order valence-electron chi connectivity index (χ2n) is 10.9. The van der Waals surface area contributed by atoms with E-state index in [1.165, 1.54) is 4.90 Å². The van der Waals surface area contributed by atoms with Crippen molar-refractivity contribution < 1.29 is 19.5 Å². The van der Waals surface area contributed by atoms with Crippen LogP contribution in [0.2, 0.25) is 5.02 Å². The molecule has 0 radical (unpaired) electrons. The molecule has 10 heteroatoms. The van der Waals surface area contributed by atoms with Crippen molar-refractivity contribution in [3.8, 4) is 0 Å². The molecule has 0 bridgehead atoms. The van der Waals surface area contributed by atoms with Gasteiger partial charge in [0, 0.05) is 28.7 Å². The summed E-state index contributed by atoms with van der Waals surface area (Å²) in [6.45, 7) is 6.93. The van der Waals surface area contributed by atoms with Gasteiger partial charge in [0.25, 0.3) is 5.91 Å². The summed E-state index contributed by atoms with van der Waals surface area (Å²) < 4.78 is 0. The van der Waals surface area contributed by atoms with Gasteiger partial charge in [0.05, 0.1) is 35.8 Å². The van der Waals surface area contributed by atoms with Crippen LogP contribution in [0.25, 0.3) is 0 Å². The fourth-order valence-electron chi connectivity index (χ4n) is 4.22. The average Bonchev–Trinajstić information content (AvgIpc) is 3.06. The van der Waals surface area contributed by atoms with Gasteiger partial charge < -0.3 is 20.6 Å². The first kappa shape index (κ1) is 30.0. The minimum absolute atomic E-state index is 0.0922. The normalized spacial score (nSPS) is 16.7. The zero-order valence-electron chi connectivity index (χ0n) is 23.5. The maximum atomic E-state index is 13.9. The molecule has 3 atom stereocenters. The second-order valence-corrected chi connectivity index (χ2v) is 11.4. The predicted molar refractivity (Wildman–Crippen MR) is 159 cm³/mol. The molecular formula is C31H34ClN5O4. The molecule has 3 N–H and O–H groups in total. The number of aliphatic hydroxyl groups excluding tert-OH is 1. The highest BCUT2D eigenvalue weighted by Crippen LogP contribution is 2.29. The smallest absolute Gasteiger partial charge is 0.272 e. The second kappa shape index (κ2) is 12.7. The Morgan fingerprint density at radius 1 is 1.05 bits per heavy atom. The van der Waals surface area contributed by atoms with Crippen LogP contribution in [0, 0.1) is 5.41 Å². The molecule has 0 saturated heterocycles. The van der Waals surface area contributed by atoms with Crippen molar-refractivity contribution >= 4 is 40.6 Å². The lowest BCUT2D eigenvalue weighted by atomic mass is 9.90. The number of rotatable bonds is 9. The largest absolute Gasteiger partial charge is 0.387 e. The number of pyridine rings is 1. The molecule has 2 amide bonds. The van der Waals surface area contributed by atoms with E-state index < -0.39 is 35.5 Å². The zero-order valence-corrected chi connectivity index (χ0v) is 24.2. The lowest BCUT2D eigenvalue weighted by molar-refractivity contribution is -0.130. The molecule has 2 unspecified atom stereocenters. The Kier molecular flexibility index (Phi) is 9.32. The van der Waals surface area contributed by atoms with Gasteiger partial charge in [-0.25, -0.2) is 4.99 Å². The lowest BCUT2D eigenvalue weighted by Crippen LogP contribution is -2.53. The maximum absolute atomic E-state index is 13.9.